The first-order valence-electron chi connectivity index (χ1n) is 17.3. The summed E-state index contributed by atoms with van der Waals surface area (Å²) >= 11 is 0. The third-order valence-electron chi connectivity index (χ3n) is 10.9. The van der Waals surface area contributed by atoms with Gasteiger partial charge in [0.1, 0.15) is 12.4 Å². The van der Waals surface area contributed by atoms with Crippen molar-refractivity contribution in [1.29, 1.82) is 0 Å². The number of carbonyl (C=O) groups is 4. The SMILES string of the molecule is CCc1c2c(nc3ccc(OC(=O)N4CCC(C(=O)O)(C(=O)O)CC4)cc13)-c1cc3c(c(=O)n1C2)COC(=O)[C@]3(O)CC.N[C@@H]1CCCC[C@H]1N.[Pt+4]. The van der Waals surface area contributed by atoms with Crippen molar-refractivity contribution in [1.82, 2.24) is 14.5 Å². The number of cyclic esters (lactones) is 1. The number of likely N-dealkylation sites (tertiary alicyclic amines) is 1. The molecule has 52 heavy (non-hydrogen) atoms. The average molecular weight is 901 g/mol. The maximum atomic E-state index is 13.5. The van der Waals surface area contributed by atoms with E-state index >= 15 is 0 Å². The molecule has 3 atom stereocenters. The number of hydrogen-bond acceptors (Lipinski definition) is 11. The van der Waals surface area contributed by atoms with E-state index in [1.54, 1.807) is 35.8 Å². The molecule has 7 rings (SSSR count). The zero-order valence-electron chi connectivity index (χ0n) is 29.0. The number of esters is 1. The number of benzene rings is 1. The predicted octanol–water partition coefficient (Wildman–Crippen LogP) is 2.60. The summed E-state index contributed by atoms with van der Waals surface area (Å²) in [6, 6.07) is 7.16. The molecule has 0 spiro atoms. The second-order valence-electron chi connectivity index (χ2n) is 13.7. The largest absolute Gasteiger partial charge is 4.00 e. The van der Waals surface area contributed by atoms with Crippen molar-refractivity contribution in [3.63, 3.8) is 0 Å². The predicted molar refractivity (Wildman–Crippen MR) is 183 cm³/mol. The van der Waals surface area contributed by atoms with Crippen molar-refractivity contribution in [3.05, 3.63) is 56.9 Å². The zero-order chi connectivity index (χ0) is 36.8. The topological polar surface area (TPSA) is 238 Å². The van der Waals surface area contributed by atoms with Crippen LogP contribution in [-0.2, 0) is 65.4 Å². The minimum absolute atomic E-state index is 0. The van der Waals surface area contributed by atoms with Crippen molar-refractivity contribution in [2.75, 3.05) is 13.1 Å². The Balaban J connectivity index is 0.000000515. The van der Waals surface area contributed by atoms with E-state index in [1.807, 2.05) is 6.92 Å². The molecule has 3 aromatic rings. The van der Waals surface area contributed by atoms with Crippen LogP contribution in [0.2, 0.25) is 0 Å². The number of carboxylic acid groups (broad SMARTS) is 2. The molecule has 4 aliphatic rings. The molecule has 7 N–H and O–H groups in total. The third-order valence-corrected chi connectivity index (χ3v) is 10.9. The Morgan fingerprint density at radius 1 is 1.00 bits per heavy atom. The fourth-order valence-electron chi connectivity index (χ4n) is 7.55. The summed E-state index contributed by atoms with van der Waals surface area (Å²) in [4.78, 5) is 68.2. The van der Waals surface area contributed by atoms with E-state index in [0.717, 1.165) is 29.4 Å². The number of aryl methyl sites for hydroxylation is 1. The first-order valence-corrected chi connectivity index (χ1v) is 17.3. The fourth-order valence-corrected chi connectivity index (χ4v) is 7.55. The van der Waals surface area contributed by atoms with Crippen molar-refractivity contribution < 1.29 is 65.0 Å². The molecule has 1 amide bonds. The molecule has 0 bridgehead atoms. The van der Waals surface area contributed by atoms with Gasteiger partial charge in [0.05, 0.1) is 29.0 Å². The smallest absolute Gasteiger partial charge is 0.480 e. The Kier molecular flexibility index (Phi) is 11.3. The number of nitrogens with zero attached hydrogens (tertiary/aromatic N) is 3. The number of nitrogens with two attached hydrogens (primary N) is 2. The van der Waals surface area contributed by atoms with Crippen LogP contribution in [0.4, 0.5) is 4.79 Å². The van der Waals surface area contributed by atoms with E-state index in [0.29, 0.717) is 23.3 Å². The van der Waals surface area contributed by atoms with E-state index in [1.165, 1.54) is 17.7 Å². The zero-order valence-corrected chi connectivity index (χ0v) is 31.2. The van der Waals surface area contributed by atoms with Crippen LogP contribution in [-0.4, -0.2) is 78.9 Å². The first kappa shape index (κ1) is 39.0. The number of pyridine rings is 2. The Labute approximate surface area is 313 Å². The number of fused-ring (bicyclic) bond motifs is 5. The molecule has 3 aliphatic heterocycles. The molecule has 1 aromatic carbocycles. The summed E-state index contributed by atoms with van der Waals surface area (Å²) < 4.78 is 12.3. The van der Waals surface area contributed by atoms with Gasteiger partial charge in [0, 0.05) is 41.7 Å². The fraction of sp³-hybridized carbons (Fsp3) is 0.500. The number of hydrogen-bond donors (Lipinski definition) is 5. The van der Waals surface area contributed by atoms with Crippen LogP contribution in [0.1, 0.15) is 81.0 Å². The number of aliphatic hydroxyl groups is 1. The van der Waals surface area contributed by atoms with E-state index in [4.69, 9.17) is 25.9 Å². The second kappa shape index (κ2) is 15.1. The number of aliphatic carboxylic acids is 2. The van der Waals surface area contributed by atoms with Gasteiger partial charge in [0.15, 0.2) is 11.0 Å². The van der Waals surface area contributed by atoms with E-state index in [2.05, 4.69) is 0 Å². The Bertz CT molecular complexity index is 1970. The van der Waals surface area contributed by atoms with E-state index < -0.39 is 35.0 Å². The molecular weight excluding hydrogens is 857 g/mol. The van der Waals surface area contributed by atoms with Gasteiger partial charge < -0.3 is 45.7 Å². The van der Waals surface area contributed by atoms with Gasteiger partial charge in [-0.25, -0.2) is 14.6 Å². The number of carbonyl (C=O) groups excluding carboxylic acids is 2. The van der Waals surface area contributed by atoms with Gasteiger partial charge in [-0.05, 0) is 68.4 Å². The van der Waals surface area contributed by atoms with Gasteiger partial charge >= 0.3 is 45.1 Å². The minimum atomic E-state index is -1.93. The minimum Gasteiger partial charge on any atom is -0.480 e. The maximum absolute atomic E-state index is 13.5. The molecule has 2 fully saturated rings. The molecule has 15 nitrogen and oxygen atoms in total. The van der Waals surface area contributed by atoms with Crippen LogP contribution >= 0.6 is 0 Å². The molecule has 1 saturated carbocycles. The van der Waals surface area contributed by atoms with Gasteiger partial charge in [-0.2, -0.15) is 0 Å². The average Bonchev–Trinajstić information content (AvgIpc) is 3.49. The maximum Gasteiger partial charge on any atom is 4.00 e. The molecule has 2 aromatic heterocycles. The number of ether oxygens (including phenoxy) is 2. The molecule has 278 valence electrons. The molecule has 0 radical (unpaired) electrons. The summed E-state index contributed by atoms with van der Waals surface area (Å²) in [7, 11) is 0. The van der Waals surface area contributed by atoms with Crippen molar-refractivity contribution in [2.45, 2.75) is 96.1 Å². The summed E-state index contributed by atoms with van der Waals surface area (Å²) in [5.74, 6) is -3.42. The molecule has 1 saturated heterocycles. The van der Waals surface area contributed by atoms with Crippen LogP contribution in [0.5, 0.6) is 5.75 Å². The van der Waals surface area contributed by atoms with E-state index in [-0.39, 0.29) is 101 Å². The van der Waals surface area contributed by atoms with Crippen molar-refractivity contribution in [3.8, 4) is 17.1 Å². The number of rotatable bonds is 5. The van der Waals surface area contributed by atoms with Crippen LogP contribution in [0.3, 0.4) is 0 Å². The number of aromatic nitrogens is 2. The summed E-state index contributed by atoms with van der Waals surface area (Å²) in [5.41, 5.74) is 10.9. The van der Waals surface area contributed by atoms with Gasteiger partial charge in [-0.15, -0.1) is 0 Å². The second-order valence-corrected chi connectivity index (χ2v) is 13.7. The normalized spacial score (nSPS) is 22.8. The van der Waals surface area contributed by atoms with Gasteiger partial charge in [-0.1, -0.05) is 26.7 Å². The molecule has 1 aliphatic carbocycles. The monoisotopic (exact) mass is 900 g/mol. The Hall–Kier alpha value is -4.17. The number of amides is 1. The Morgan fingerprint density at radius 3 is 2.19 bits per heavy atom. The van der Waals surface area contributed by atoms with Crippen molar-refractivity contribution >= 4 is 34.9 Å². The van der Waals surface area contributed by atoms with Gasteiger partial charge in [-0.3, -0.25) is 14.4 Å². The summed E-state index contributed by atoms with van der Waals surface area (Å²) in [6.45, 7) is 3.44. The molecule has 0 unspecified atom stereocenters. The van der Waals surface area contributed by atoms with Gasteiger partial charge in [0.25, 0.3) is 5.56 Å². The quantitative estimate of drug-likeness (QED) is 0.143. The standard InChI is InChI=1S/C30H29N3O10.C6H14N2.Pt/c1-3-16-17-11-15(43-28(40)32-9-7-29(8-10-32,25(35)36)26(37)38)5-6-21(17)31-23-18(16)13-33-22(23)12-20-19(24(33)34)14-42-27(39)30(20,41)4-2;7-5-3-1-2-4-6(5)8;/h5-6,11-12,41H,3-4,7-10,13-14H2,1-2H3,(H,35,36)(H,37,38);5-6H,1-4,7-8H2;/q;;+4/t30-;5-,6-;/m01./s1. The van der Waals surface area contributed by atoms with E-state index in [9.17, 15) is 39.3 Å². The molecular formula is C36H43N5O10Pt+4. The van der Waals surface area contributed by atoms with Crippen LogP contribution < -0.4 is 21.8 Å². The van der Waals surface area contributed by atoms with Gasteiger partial charge in [0.2, 0.25) is 0 Å². The summed E-state index contributed by atoms with van der Waals surface area (Å²) in [5, 5.41) is 30.7. The van der Waals surface area contributed by atoms with Crippen LogP contribution in [0, 0.1) is 5.41 Å². The van der Waals surface area contributed by atoms with Crippen LogP contribution in [0.25, 0.3) is 22.3 Å². The number of carboxylic acids is 2. The first-order chi connectivity index (χ1) is 24.2. The Morgan fingerprint density at radius 2 is 1.63 bits per heavy atom. The molecule has 16 heteroatoms. The van der Waals surface area contributed by atoms with Crippen molar-refractivity contribution in [2.24, 2.45) is 16.9 Å². The third kappa shape index (κ3) is 6.63. The molecule has 5 heterocycles. The summed E-state index contributed by atoms with van der Waals surface area (Å²) in [6.07, 6.45) is 4.21. The number of piperidine rings is 1. The van der Waals surface area contributed by atoms with Crippen LogP contribution in [0.15, 0.2) is 29.1 Å².